The predicted octanol–water partition coefficient (Wildman–Crippen LogP) is 0.977. The first-order valence-corrected chi connectivity index (χ1v) is 6.14. The number of carboxylic acids is 1. The van der Waals surface area contributed by atoms with Gasteiger partial charge in [0.1, 0.15) is 6.04 Å². The Morgan fingerprint density at radius 3 is 2.35 bits per heavy atom. The van der Waals surface area contributed by atoms with Gasteiger partial charge in [-0.05, 0) is 24.8 Å². The van der Waals surface area contributed by atoms with Gasteiger partial charge in [-0.25, -0.2) is 4.79 Å². The number of nitrogens with one attached hydrogen (secondary N) is 1. The summed E-state index contributed by atoms with van der Waals surface area (Å²) in [5, 5.41) is 11.6. The summed E-state index contributed by atoms with van der Waals surface area (Å²) >= 11 is 0. The lowest BCUT2D eigenvalue weighted by molar-refractivity contribution is -0.143. The molecule has 5 nitrogen and oxygen atoms in total. The third kappa shape index (κ3) is 6.26. The molecule has 0 saturated heterocycles. The van der Waals surface area contributed by atoms with E-state index in [0.29, 0.717) is 19.4 Å². The summed E-state index contributed by atoms with van der Waals surface area (Å²) in [4.78, 5) is 22.6. The Labute approximate surface area is 103 Å². The molecule has 0 fully saturated rings. The fourth-order valence-electron chi connectivity index (χ4n) is 1.42. The molecule has 0 spiro atoms. The summed E-state index contributed by atoms with van der Waals surface area (Å²) < 4.78 is 0. The molecule has 0 aromatic rings. The maximum Gasteiger partial charge on any atom is 0.326 e. The highest BCUT2D eigenvalue weighted by Gasteiger charge is 2.24. The van der Waals surface area contributed by atoms with Crippen LogP contribution in [0.15, 0.2) is 0 Å². The van der Waals surface area contributed by atoms with Crippen molar-refractivity contribution in [2.45, 2.75) is 46.1 Å². The zero-order valence-electron chi connectivity index (χ0n) is 10.9. The lowest BCUT2D eigenvalue weighted by atomic mass is 9.98. The Balaban J connectivity index is 4.18. The van der Waals surface area contributed by atoms with Crippen LogP contribution in [-0.2, 0) is 9.59 Å². The second-order valence-electron chi connectivity index (χ2n) is 4.65. The van der Waals surface area contributed by atoms with Gasteiger partial charge >= 0.3 is 5.97 Å². The van der Waals surface area contributed by atoms with Crippen LogP contribution in [0.25, 0.3) is 0 Å². The van der Waals surface area contributed by atoms with Crippen LogP contribution in [0.1, 0.15) is 40.0 Å². The molecule has 0 bridgehead atoms. The fourth-order valence-corrected chi connectivity index (χ4v) is 1.42. The first-order chi connectivity index (χ1) is 7.92. The average Bonchev–Trinajstić information content (AvgIpc) is 2.31. The Hall–Kier alpha value is -1.10. The van der Waals surface area contributed by atoms with E-state index in [9.17, 15) is 9.59 Å². The summed E-state index contributed by atoms with van der Waals surface area (Å²) in [6.45, 7) is 6.24. The van der Waals surface area contributed by atoms with Crippen LogP contribution < -0.4 is 11.1 Å². The summed E-state index contributed by atoms with van der Waals surface area (Å²) in [6, 6.07) is -0.791. The lowest BCUT2D eigenvalue weighted by Crippen LogP contribution is -2.45. The van der Waals surface area contributed by atoms with Crippen LogP contribution in [0.2, 0.25) is 0 Å². The highest BCUT2D eigenvalue weighted by molar-refractivity contribution is 5.83. The van der Waals surface area contributed by atoms with Crippen molar-refractivity contribution in [3.05, 3.63) is 0 Å². The minimum absolute atomic E-state index is 0.0663. The van der Waals surface area contributed by atoms with Crippen LogP contribution in [-0.4, -0.2) is 29.6 Å². The Morgan fingerprint density at radius 1 is 1.35 bits per heavy atom. The number of hydrogen-bond donors (Lipinski definition) is 3. The molecule has 0 aliphatic rings. The van der Waals surface area contributed by atoms with E-state index in [-0.39, 0.29) is 17.7 Å². The predicted molar refractivity (Wildman–Crippen MR) is 66.5 cm³/mol. The van der Waals surface area contributed by atoms with Gasteiger partial charge in [0.2, 0.25) is 5.91 Å². The molecule has 0 heterocycles. The topological polar surface area (TPSA) is 92.4 Å². The summed E-state index contributed by atoms with van der Waals surface area (Å²) in [5.41, 5.74) is 5.45. The Kier molecular flexibility index (Phi) is 7.54. The van der Waals surface area contributed by atoms with Crippen LogP contribution >= 0.6 is 0 Å². The van der Waals surface area contributed by atoms with Crippen LogP contribution in [0.3, 0.4) is 0 Å². The lowest BCUT2D eigenvalue weighted by Gasteiger charge is -2.20. The number of amides is 1. The molecule has 0 aromatic carbocycles. The quantitative estimate of drug-likeness (QED) is 0.593. The van der Waals surface area contributed by atoms with Crippen molar-refractivity contribution >= 4 is 11.9 Å². The second kappa shape index (κ2) is 8.06. The van der Waals surface area contributed by atoms with Gasteiger partial charge in [0, 0.05) is 6.42 Å². The smallest absolute Gasteiger partial charge is 0.326 e. The van der Waals surface area contributed by atoms with Crippen molar-refractivity contribution < 1.29 is 14.7 Å². The van der Waals surface area contributed by atoms with E-state index in [1.165, 1.54) is 0 Å². The average molecular weight is 244 g/mol. The SMILES string of the molecule is CC[C@H](C)[C@H](NC(=O)CCC(C)CN)C(=O)O. The first-order valence-electron chi connectivity index (χ1n) is 6.14. The molecular weight excluding hydrogens is 220 g/mol. The summed E-state index contributed by atoms with van der Waals surface area (Å²) in [6.07, 6.45) is 1.74. The Morgan fingerprint density at radius 2 is 1.94 bits per heavy atom. The van der Waals surface area contributed by atoms with Crippen LogP contribution in [0, 0.1) is 11.8 Å². The van der Waals surface area contributed by atoms with E-state index in [0.717, 1.165) is 6.42 Å². The number of carbonyl (C=O) groups is 2. The van der Waals surface area contributed by atoms with Crippen molar-refractivity contribution in [1.29, 1.82) is 0 Å². The zero-order valence-corrected chi connectivity index (χ0v) is 10.9. The number of carbonyl (C=O) groups excluding carboxylic acids is 1. The van der Waals surface area contributed by atoms with Gasteiger partial charge in [-0.3, -0.25) is 4.79 Å². The normalized spacial score (nSPS) is 16.0. The monoisotopic (exact) mass is 244 g/mol. The van der Waals surface area contributed by atoms with Crippen LogP contribution in [0.5, 0.6) is 0 Å². The van der Waals surface area contributed by atoms with E-state index in [4.69, 9.17) is 10.8 Å². The minimum Gasteiger partial charge on any atom is -0.480 e. The number of aliphatic carboxylic acids is 1. The highest BCUT2D eigenvalue weighted by Crippen LogP contribution is 2.09. The Bertz CT molecular complexity index is 256. The highest BCUT2D eigenvalue weighted by atomic mass is 16.4. The van der Waals surface area contributed by atoms with Gasteiger partial charge in [0.05, 0.1) is 0 Å². The number of hydrogen-bond acceptors (Lipinski definition) is 3. The standard InChI is InChI=1S/C12H24N2O3/c1-4-9(3)11(12(16)17)14-10(15)6-5-8(2)7-13/h8-9,11H,4-7,13H2,1-3H3,(H,14,15)(H,16,17)/t8?,9-,11-/m0/s1. The zero-order chi connectivity index (χ0) is 13.4. The van der Waals surface area contributed by atoms with Crippen molar-refractivity contribution in [3.8, 4) is 0 Å². The second-order valence-corrected chi connectivity index (χ2v) is 4.65. The van der Waals surface area contributed by atoms with E-state index in [2.05, 4.69) is 5.32 Å². The minimum atomic E-state index is -0.973. The summed E-state index contributed by atoms with van der Waals surface area (Å²) in [7, 11) is 0. The van der Waals surface area contributed by atoms with Crippen LogP contribution in [0.4, 0.5) is 0 Å². The first kappa shape index (κ1) is 15.9. The molecule has 5 heteroatoms. The van der Waals surface area contributed by atoms with Crippen molar-refractivity contribution in [3.63, 3.8) is 0 Å². The van der Waals surface area contributed by atoms with Crippen molar-refractivity contribution in [2.24, 2.45) is 17.6 Å². The molecule has 0 aliphatic heterocycles. The summed E-state index contributed by atoms with van der Waals surface area (Å²) in [5.74, 6) is -0.964. The fraction of sp³-hybridized carbons (Fsp3) is 0.833. The molecule has 0 aromatic heterocycles. The van der Waals surface area contributed by atoms with Gasteiger partial charge in [-0.2, -0.15) is 0 Å². The van der Waals surface area contributed by atoms with E-state index >= 15 is 0 Å². The van der Waals surface area contributed by atoms with E-state index < -0.39 is 12.0 Å². The molecule has 0 radical (unpaired) electrons. The molecule has 1 amide bonds. The van der Waals surface area contributed by atoms with Gasteiger partial charge in [0.15, 0.2) is 0 Å². The molecular formula is C12H24N2O3. The molecule has 17 heavy (non-hydrogen) atoms. The van der Waals surface area contributed by atoms with Crippen molar-refractivity contribution in [2.75, 3.05) is 6.54 Å². The van der Waals surface area contributed by atoms with Crippen molar-refractivity contribution in [1.82, 2.24) is 5.32 Å². The third-order valence-corrected chi connectivity index (χ3v) is 3.06. The molecule has 100 valence electrons. The maximum atomic E-state index is 11.6. The molecule has 0 rings (SSSR count). The van der Waals surface area contributed by atoms with E-state index in [1.807, 2.05) is 20.8 Å². The van der Waals surface area contributed by atoms with Gasteiger partial charge in [-0.15, -0.1) is 0 Å². The molecule has 0 saturated carbocycles. The van der Waals surface area contributed by atoms with Gasteiger partial charge in [-0.1, -0.05) is 27.2 Å². The largest absolute Gasteiger partial charge is 0.480 e. The number of nitrogens with two attached hydrogens (primary N) is 1. The molecule has 3 atom stereocenters. The molecule has 1 unspecified atom stereocenters. The number of carboxylic acid groups (broad SMARTS) is 1. The third-order valence-electron chi connectivity index (χ3n) is 3.06. The number of rotatable bonds is 8. The van der Waals surface area contributed by atoms with Gasteiger partial charge in [0.25, 0.3) is 0 Å². The maximum absolute atomic E-state index is 11.6. The molecule has 0 aliphatic carbocycles. The van der Waals surface area contributed by atoms with Gasteiger partial charge < -0.3 is 16.2 Å². The molecule has 4 N–H and O–H groups in total. The van der Waals surface area contributed by atoms with E-state index in [1.54, 1.807) is 0 Å².